The maximum atomic E-state index is 11.4. The van der Waals surface area contributed by atoms with Gasteiger partial charge in [0.25, 0.3) is 0 Å². The molecule has 0 saturated carbocycles. The number of unbranched alkanes of at least 4 members (excludes halogenated alkanes) is 3. The summed E-state index contributed by atoms with van der Waals surface area (Å²) >= 11 is 0. The van der Waals surface area contributed by atoms with Crippen LogP contribution < -0.4 is 4.90 Å². The fourth-order valence-corrected chi connectivity index (χ4v) is 1.68. The van der Waals surface area contributed by atoms with Gasteiger partial charge in [-0.1, -0.05) is 26.2 Å². The average Bonchev–Trinajstić information content (AvgIpc) is 2.97. The zero-order chi connectivity index (χ0) is 11.1. The molecule has 0 spiro atoms. The minimum atomic E-state index is -0.0880. The minimum Gasteiger partial charge on any atom is -0.461 e. The van der Waals surface area contributed by atoms with E-state index in [1.165, 1.54) is 12.8 Å². The first kappa shape index (κ1) is 12.5. The largest absolute Gasteiger partial charge is 0.461 e. The first-order valence-corrected chi connectivity index (χ1v) is 5.91. The van der Waals surface area contributed by atoms with Crippen LogP contribution in [0.25, 0.3) is 0 Å². The van der Waals surface area contributed by atoms with Gasteiger partial charge in [0.1, 0.15) is 13.1 Å². The number of hydrogen-bond donors (Lipinski definition) is 2. The Hall–Kier alpha value is -0.610. The van der Waals surface area contributed by atoms with E-state index in [4.69, 9.17) is 9.84 Å². The van der Waals surface area contributed by atoms with Crippen LogP contribution in [0.3, 0.4) is 0 Å². The Balaban J connectivity index is 1.96. The van der Waals surface area contributed by atoms with Crippen LogP contribution in [-0.2, 0) is 9.53 Å². The summed E-state index contributed by atoms with van der Waals surface area (Å²) < 4.78 is 5.15. The highest BCUT2D eigenvalue weighted by Crippen LogP contribution is 2.00. The van der Waals surface area contributed by atoms with Crippen LogP contribution in [0.1, 0.15) is 32.6 Å². The van der Waals surface area contributed by atoms with Crippen LogP contribution in [0.4, 0.5) is 0 Å². The van der Waals surface area contributed by atoms with Gasteiger partial charge in [-0.05, 0) is 6.42 Å². The van der Waals surface area contributed by atoms with E-state index in [1.54, 1.807) is 0 Å². The molecule has 1 saturated heterocycles. The molecule has 88 valence electrons. The summed E-state index contributed by atoms with van der Waals surface area (Å²) in [6.45, 7) is 4.35. The number of rotatable bonds is 8. The summed E-state index contributed by atoms with van der Waals surface area (Å²) in [4.78, 5) is 12.5. The number of carbonyl (C=O) groups excluding carboxylic acids is 1. The third kappa shape index (κ3) is 4.62. The molecule has 1 heterocycles. The van der Waals surface area contributed by atoms with Gasteiger partial charge in [0.05, 0.1) is 13.2 Å². The van der Waals surface area contributed by atoms with Crippen molar-refractivity contribution in [2.24, 2.45) is 0 Å². The molecule has 0 aromatic rings. The Morgan fingerprint density at radius 1 is 1.47 bits per heavy atom. The lowest BCUT2D eigenvalue weighted by atomic mass is 10.2. The lowest BCUT2D eigenvalue weighted by molar-refractivity contribution is -0.770. The molecule has 0 radical (unpaired) electrons. The molecule has 1 fully saturated rings. The van der Waals surface area contributed by atoms with Gasteiger partial charge in [-0.2, -0.15) is 0 Å². The van der Waals surface area contributed by atoms with E-state index in [2.05, 4.69) is 6.92 Å². The first-order valence-electron chi connectivity index (χ1n) is 5.91. The van der Waals surface area contributed by atoms with Crippen molar-refractivity contribution in [1.82, 2.24) is 0 Å². The van der Waals surface area contributed by atoms with Gasteiger partial charge in [0, 0.05) is 0 Å². The maximum Gasteiger partial charge on any atom is 0.371 e. The van der Waals surface area contributed by atoms with Crippen LogP contribution in [-0.4, -0.2) is 43.4 Å². The van der Waals surface area contributed by atoms with Crippen molar-refractivity contribution in [3.05, 3.63) is 0 Å². The molecule has 0 aromatic carbocycles. The first-order chi connectivity index (χ1) is 7.29. The summed E-state index contributed by atoms with van der Waals surface area (Å²) in [5.74, 6) is -0.0880. The van der Waals surface area contributed by atoms with Gasteiger partial charge in [0.15, 0.2) is 0 Å². The maximum absolute atomic E-state index is 11.4. The van der Waals surface area contributed by atoms with Gasteiger partial charge < -0.3 is 14.7 Å². The monoisotopic (exact) mass is 216 g/mol. The van der Waals surface area contributed by atoms with Gasteiger partial charge in [-0.15, -0.1) is 0 Å². The van der Waals surface area contributed by atoms with E-state index >= 15 is 0 Å². The lowest BCUT2D eigenvalue weighted by Gasteiger charge is -2.02. The summed E-state index contributed by atoms with van der Waals surface area (Å²) in [5, 5.41) is 8.68. The standard InChI is InChI=1S/C11H21NO3/c1-2-3-4-5-8-15-11(14)10-9-12(10)6-7-13/h10,13H,2-9H2,1H3/p+1/t10-,12?/m0/s1. The van der Waals surface area contributed by atoms with Crippen molar-refractivity contribution >= 4 is 5.97 Å². The van der Waals surface area contributed by atoms with Crippen molar-refractivity contribution in [2.45, 2.75) is 38.6 Å². The normalized spacial score (nSPS) is 23.9. The van der Waals surface area contributed by atoms with E-state index in [0.717, 1.165) is 24.3 Å². The molecule has 0 bridgehead atoms. The Labute approximate surface area is 91.2 Å². The summed E-state index contributed by atoms with van der Waals surface area (Å²) in [7, 11) is 0. The van der Waals surface area contributed by atoms with Crippen LogP contribution in [0, 0.1) is 0 Å². The van der Waals surface area contributed by atoms with Crippen LogP contribution in [0.15, 0.2) is 0 Å². The van der Waals surface area contributed by atoms with Crippen molar-refractivity contribution in [3.8, 4) is 0 Å². The molecular formula is C11H22NO3+. The number of esters is 1. The van der Waals surface area contributed by atoms with Crippen molar-refractivity contribution in [1.29, 1.82) is 0 Å². The second-order valence-corrected chi connectivity index (χ2v) is 4.12. The minimum absolute atomic E-state index is 0.00308. The Kier molecular flexibility index (Phi) is 5.65. The highest BCUT2D eigenvalue weighted by atomic mass is 16.5. The number of quaternary nitrogens is 1. The van der Waals surface area contributed by atoms with Gasteiger partial charge >= 0.3 is 5.97 Å². The van der Waals surface area contributed by atoms with Crippen molar-refractivity contribution < 1.29 is 19.5 Å². The highest BCUT2D eigenvalue weighted by molar-refractivity contribution is 5.76. The molecule has 0 aromatic heterocycles. The van der Waals surface area contributed by atoms with E-state index in [0.29, 0.717) is 13.2 Å². The summed E-state index contributed by atoms with van der Waals surface area (Å²) in [6.07, 6.45) is 4.52. The Bertz CT molecular complexity index is 196. The Morgan fingerprint density at radius 2 is 2.27 bits per heavy atom. The number of aliphatic hydroxyl groups is 1. The lowest BCUT2D eigenvalue weighted by Crippen LogP contribution is -2.95. The van der Waals surface area contributed by atoms with Crippen LogP contribution >= 0.6 is 0 Å². The molecule has 2 N–H and O–H groups in total. The summed E-state index contributed by atoms with van der Waals surface area (Å²) in [6, 6.07) is 0.00308. The average molecular weight is 216 g/mol. The van der Waals surface area contributed by atoms with Gasteiger partial charge in [-0.25, -0.2) is 4.79 Å². The quantitative estimate of drug-likeness (QED) is 0.323. The predicted molar refractivity (Wildman–Crippen MR) is 56.7 cm³/mol. The number of carbonyl (C=O) groups is 1. The molecule has 0 amide bonds. The molecule has 1 aliphatic heterocycles. The smallest absolute Gasteiger partial charge is 0.371 e. The third-order valence-corrected chi connectivity index (χ3v) is 2.76. The molecule has 4 heteroatoms. The van der Waals surface area contributed by atoms with Crippen LogP contribution in [0.5, 0.6) is 0 Å². The van der Waals surface area contributed by atoms with Crippen LogP contribution in [0.2, 0.25) is 0 Å². The van der Waals surface area contributed by atoms with Crippen molar-refractivity contribution in [3.63, 3.8) is 0 Å². The van der Waals surface area contributed by atoms with Crippen molar-refractivity contribution in [2.75, 3.05) is 26.3 Å². The van der Waals surface area contributed by atoms with E-state index < -0.39 is 0 Å². The number of aliphatic hydroxyl groups excluding tert-OH is 1. The second kappa shape index (κ2) is 6.80. The molecule has 1 aliphatic rings. The second-order valence-electron chi connectivity index (χ2n) is 4.12. The zero-order valence-electron chi connectivity index (χ0n) is 9.50. The number of nitrogens with one attached hydrogen (secondary N) is 1. The molecular weight excluding hydrogens is 194 g/mol. The van der Waals surface area contributed by atoms with E-state index in [9.17, 15) is 4.79 Å². The summed E-state index contributed by atoms with van der Waals surface area (Å²) in [5.41, 5.74) is 0. The van der Waals surface area contributed by atoms with Gasteiger partial charge in [-0.3, -0.25) is 0 Å². The molecule has 0 aliphatic carbocycles. The SMILES string of the molecule is CCCCCCOC(=O)[C@@H]1C[NH+]1CCO. The topological polar surface area (TPSA) is 51.0 Å². The fourth-order valence-electron chi connectivity index (χ4n) is 1.68. The highest BCUT2D eigenvalue weighted by Gasteiger charge is 2.47. The van der Waals surface area contributed by atoms with E-state index in [1.807, 2.05) is 0 Å². The number of ether oxygens (including phenoxy) is 1. The fraction of sp³-hybridized carbons (Fsp3) is 0.909. The zero-order valence-corrected chi connectivity index (χ0v) is 9.50. The Morgan fingerprint density at radius 3 is 2.93 bits per heavy atom. The third-order valence-electron chi connectivity index (χ3n) is 2.76. The van der Waals surface area contributed by atoms with E-state index in [-0.39, 0.29) is 18.6 Å². The van der Waals surface area contributed by atoms with Gasteiger partial charge in [0.2, 0.25) is 6.04 Å². The molecule has 1 rings (SSSR count). The predicted octanol–water partition coefficient (Wildman–Crippen LogP) is -0.631. The molecule has 1 unspecified atom stereocenters. The molecule has 15 heavy (non-hydrogen) atoms. The molecule has 2 atom stereocenters. The molecule has 4 nitrogen and oxygen atoms in total. The number of hydrogen-bond acceptors (Lipinski definition) is 3.